The summed E-state index contributed by atoms with van der Waals surface area (Å²) >= 11 is 1.89. The molecule has 1 N–H and O–H groups in total. The predicted octanol–water partition coefficient (Wildman–Crippen LogP) is 4.88. The summed E-state index contributed by atoms with van der Waals surface area (Å²) in [6, 6.07) is 5.13. The van der Waals surface area contributed by atoms with Crippen molar-refractivity contribution in [2.45, 2.75) is 65.3 Å². The first-order valence-corrected chi connectivity index (χ1v) is 8.40. The summed E-state index contributed by atoms with van der Waals surface area (Å²) in [5, 5.41) is 5.84. The third kappa shape index (κ3) is 6.55. The van der Waals surface area contributed by atoms with E-state index in [1.165, 1.54) is 43.4 Å². The van der Waals surface area contributed by atoms with E-state index in [1.807, 2.05) is 11.3 Å². The quantitative estimate of drug-likeness (QED) is 0.637. The van der Waals surface area contributed by atoms with Gasteiger partial charge in [-0.15, -0.1) is 11.3 Å². The standard InChI is InChI=1S/C16H29NS/c1-4-8-14(3)13-15(17-5-2)9-6-10-16-11-7-12-18-16/h7,11-12,14-15,17H,4-6,8-10,13H2,1-3H3. The van der Waals surface area contributed by atoms with Crippen LogP contribution >= 0.6 is 11.3 Å². The van der Waals surface area contributed by atoms with Crippen LogP contribution in [0.1, 0.15) is 57.8 Å². The molecule has 0 amide bonds. The van der Waals surface area contributed by atoms with E-state index in [2.05, 4.69) is 43.6 Å². The van der Waals surface area contributed by atoms with Crippen LogP contribution in [-0.4, -0.2) is 12.6 Å². The molecule has 1 aromatic rings. The third-order valence-electron chi connectivity index (χ3n) is 3.52. The van der Waals surface area contributed by atoms with E-state index in [9.17, 15) is 0 Å². The molecule has 18 heavy (non-hydrogen) atoms. The fourth-order valence-electron chi connectivity index (χ4n) is 2.67. The molecule has 0 radical (unpaired) electrons. The topological polar surface area (TPSA) is 12.0 Å². The molecule has 0 saturated carbocycles. The zero-order valence-electron chi connectivity index (χ0n) is 12.2. The highest BCUT2D eigenvalue weighted by Gasteiger charge is 2.11. The third-order valence-corrected chi connectivity index (χ3v) is 4.45. The number of rotatable bonds is 10. The van der Waals surface area contributed by atoms with Gasteiger partial charge in [-0.2, -0.15) is 0 Å². The van der Waals surface area contributed by atoms with Gasteiger partial charge in [0.2, 0.25) is 0 Å². The Morgan fingerprint density at radius 1 is 1.28 bits per heavy atom. The molecule has 0 saturated heterocycles. The summed E-state index contributed by atoms with van der Waals surface area (Å²) in [5.41, 5.74) is 0. The van der Waals surface area contributed by atoms with Gasteiger partial charge in [0.1, 0.15) is 0 Å². The maximum Gasteiger partial charge on any atom is 0.00696 e. The van der Waals surface area contributed by atoms with Crippen LogP contribution in [0.2, 0.25) is 0 Å². The summed E-state index contributed by atoms with van der Waals surface area (Å²) in [6.45, 7) is 8.00. The van der Waals surface area contributed by atoms with E-state index in [0.717, 1.165) is 18.5 Å². The molecule has 0 aromatic carbocycles. The van der Waals surface area contributed by atoms with Gasteiger partial charge in [-0.1, -0.05) is 39.7 Å². The van der Waals surface area contributed by atoms with Gasteiger partial charge in [0.25, 0.3) is 0 Å². The van der Waals surface area contributed by atoms with Crippen molar-refractivity contribution in [3.63, 3.8) is 0 Å². The molecule has 0 fully saturated rings. The van der Waals surface area contributed by atoms with Crippen molar-refractivity contribution in [2.75, 3.05) is 6.54 Å². The Balaban J connectivity index is 2.24. The van der Waals surface area contributed by atoms with Crippen molar-refractivity contribution >= 4 is 11.3 Å². The Kier molecular flexibility index (Phi) is 8.36. The second kappa shape index (κ2) is 9.57. The van der Waals surface area contributed by atoms with Gasteiger partial charge in [0, 0.05) is 10.9 Å². The van der Waals surface area contributed by atoms with Crippen LogP contribution < -0.4 is 5.32 Å². The van der Waals surface area contributed by atoms with Crippen LogP contribution in [-0.2, 0) is 6.42 Å². The number of aryl methyl sites for hydroxylation is 1. The molecule has 2 atom stereocenters. The lowest BCUT2D eigenvalue weighted by molar-refractivity contribution is 0.367. The van der Waals surface area contributed by atoms with Gasteiger partial charge in [0.05, 0.1) is 0 Å². The van der Waals surface area contributed by atoms with Gasteiger partial charge in [-0.25, -0.2) is 0 Å². The first-order chi connectivity index (χ1) is 8.76. The number of hydrogen-bond donors (Lipinski definition) is 1. The SMILES string of the molecule is CCCC(C)CC(CCCc1cccs1)NCC. The molecule has 0 aliphatic heterocycles. The lowest BCUT2D eigenvalue weighted by atomic mass is 9.94. The Labute approximate surface area is 117 Å². The second-order valence-corrected chi connectivity index (χ2v) is 6.39. The van der Waals surface area contributed by atoms with Crippen LogP contribution in [0.3, 0.4) is 0 Å². The molecule has 0 aliphatic carbocycles. The smallest absolute Gasteiger partial charge is 0.00696 e. The van der Waals surface area contributed by atoms with E-state index >= 15 is 0 Å². The molecule has 104 valence electrons. The van der Waals surface area contributed by atoms with E-state index in [1.54, 1.807) is 0 Å². The minimum atomic E-state index is 0.719. The van der Waals surface area contributed by atoms with Gasteiger partial charge in [-0.3, -0.25) is 0 Å². The molecule has 1 nitrogen and oxygen atoms in total. The van der Waals surface area contributed by atoms with E-state index < -0.39 is 0 Å². The van der Waals surface area contributed by atoms with Crippen LogP contribution in [0.25, 0.3) is 0 Å². The summed E-state index contributed by atoms with van der Waals surface area (Å²) in [7, 11) is 0. The van der Waals surface area contributed by atoms with Crippen LogP contribution in [0, 0.1) is 5.92 Å². The first kappa shape index (κ1) is 15.7. The Morgan fingerprint density at radius 3 is 2.72 bits per heavy atom. The fourth-order valence-corrected chi connectivity index (χ4v) is 3.42. The van der Waals surface area contributed by atoms with Gasteiger partial charge < -0.3 is 5.32 Å². The molecule has 0 spiro atoms. The fraction of sp³-hybridized carbons (Fsp3) is 0.750. The van der Waals surface area contributed by atoms with Gasteiger partial charge in [0.15, 0.2) is 0 Å². The highest BCUT2D eigenvalue weighted by molar-refractivity contribution is 7.09. The Morgan fingerprint density at radius 2 is 2.11 bits per heavy atom. The highest BCUT2D eigenvalue weighted by atomic mass is 32.1. The normalized spacial score (nSPS) is 14.6. The summed E-state index contributed by atoms with van der Waals surface area (Å²) in [4.78, 5) is 1.53. The van der Waals surface area contributed by atoms with Crippen molar-refractivity contribution in [1.29, 1.82) is 0 Å². The minimum Gasteiger partial charge on any atom is -0.314 e. The maximum atomic E-state index is 3.66. The lowest BCUT2D eigenvalue weighted by Crippen LogP contribution is -2.30. The number of thiophene rings is 1. The Hall–Kier alpha value is -0.340. The van der Waals surface area contributed by atoms with Crippen LogP contribution in [0.4, 0.5) is 0 Å². The first-order valence-electron chi connectivity index (χ1n) is 7.52. The minimum absolute atomic E-state index is 0.719. The van der Waals surface area contributed by atoms with Crippen molar-refractivity contribution in [2.24, 2.45) is 5.92 Å². The number of nitrogens with one attached hydrogen (secondary N) is 1. The molecule has 2 unspecified atom stereocenters. The highest BCUT2D eigenvalue weighted by Crippen LogP contribution is 2.18. The molecular weight excluding hydrogens is 238 g/mol. The summed E-state index contributed by atoms with van der Waals surface area (Å²) in [6.07, 6.45) is 7.91. The van der Waals surface area contributed by atoms with E-state index in [-0.39, 0.29) is 0 Å². The van der Waals surface area contributed by atoms with Crippen LogP contribution in [0.15, 0.2) is 17.5 Å². The summed E-state index contributed by atoms with van der Waals surface area (Å²) < 4.78 is 0. The van der Waals surface area contributed by atoms with Gasteiger partial charge in [-0.05, 0) is 49.6 Å². The zero-order valence-corrected chi connectivity index (χ0v) is 13.1. The molecule has 2 heteroatoms. The molecular formula is C16H29NS. The van der Waals surface area contributed by atoms with Crippen molar-refractivity contribution in [1.82, 2.24) is 5.32 Å². The van der Waals surface area contributed by atoms with Crippen molar-refractivity contribution in [3.05, 3.63) is 22.4 Å². The average Bonchev–Trinajstić information content (AvgIpc) is 2.82. The maximum absolute atomic E-state index is 3.66. The zero-order chi connectivity index (χ0) is 13.2. The molecule has 1 heterocycles. The molecule has 1 aromatic heterocycles. The Bertz CT molecular complexity index is 281. The largest absolute Gasteiger partial charge is 0.314 e. The monoisotopic (exact) mass is 267 g/mol. The lowest BCUT2D eigenvalue weighted by Gasteiger charge is -2.21. The number of hydrogen-bond acceptors (Lipinski definition) is 2. The van der Waals surface area contributed by atoms with Crippen molar-refractivity contribution in [3.8, 4) is 0 Å². The summed E-state index contributed by atoms with van der Waals surface area (Å²) in [5.74, 6) is 0.862. The van der Waals surface area contributed by atoms with E-state index in [4.69, 9.17) is 0 Å². The predicted molar refractivity (Wildman–Crippen MR) is 83.4 cm³/mol. The second-order valence-electron chi connectivity index (χ2n) is 5.36. The molecule has 0 bridgehead atoms. The van der Waals surface area contributed by atoms with E-state index in [0.29, 0.717) is 0 Å². The average molecular weight is 267 g/mol. The van der Waals surface area contributed by atoms with Gasteiger partial charge >= 0.3 is 0 Å². The van der Waals surface area contributed by atoms with Crippen LogP contribution in [0.5, 0.6) is 0 Å². The molecule has 1 rings (SSSR count). The van der Waals surface area contributed by atoms with Crippen molar-refractivity contribution < 1.29 is 0 Å². The molecule has 0 aliphatic rings.